The Balaban J connectivity index is 2.21. The second-order valence-electron chi connectivity index (χ2n) is 3.02. The van der Waals surface area contributed by atoms with E-state index < -0.39 is 0 Å². The zero-order valence-corrected chi connectivity index (χ0v) is 10.7. The fourth-order valence-corrected chi connectivity index (χ4v) is 2.11. The lowest BCUT2D eigenvalue weighted by Crippen LogP contribution is -2.00. The summed E-state index contributed by atoms with van der Waals surface area (Å²) < 4.78 is 5.21. The smallest absolute Gasteiger partial charge is 0.321 e. The largest absolute Gasteiger partial charge is 0.464 e. The summed E-state index contributed by atoms with van der Waals surface area (Å²) in [5.74, 6) is 0. The lowest BCUT2D eigenvalue weighted by atomic mass is 10.4. The SMILES string of the molecule is CCOc1nc(Cl)nc(Sc2ccccc2)n1. The van der Waals surface area contributed by atoms with Gasteiger partial charge in [0.2, 0.25) is 5.28 Å². The van der Waals surface area contributed by atoms with Gasteiger partial charge in [-0.1, -0.05) is 18.2 Å². The van der Waals surface area contributed by atoms with Crippen molar-refractivity contribution in [2.75, 3.05) is 6.61 Å². The molecular weight excluding hydrogens is 258 g/mol. The predicted octanol–water partition coefficient (Wildman–Crippen LogP) is 3.07. The van der Waals surface area contributed by atoms with E-state index in [2.05, 4.69) is 15.0 Å². The quantitative estimate of drug-likeness (QED) is 0.852. The van der Waals surface area contributed by atoms with Crippen LogP contribution in [-0.4, -0.2) is 21.6 Å². The van der Waals surface area contributed by atoms with Crippen LogP contribution in [0.2, 0.25) is 5.28 Å². The van der Waals surface area contributed by atoms with Crippen LogP contribution in [0.4, 0.5) is 0 Å². The normalized spacial score (nSPS) is 10.2. The molecule has 0 unspecified atom stereocenters. The Morgan fingerprint density at radius 2 is 1.94 bits per heavy atom. The van der Waals surface area contributed by atoms with E-state index in [4.69, 9.17) is 16.3 Å². The number of benzene rings is 1. The second kappa shape index (κ2) is 5.84. The lowest BCUT2D eigenvalue weighted by molar-refractivity contribution is 0.307. The molecule has 0 aliphatic heterocycles. The van der Waals surface area contributed by atoms with Crippen LogP contribution in [0.15, 0.2) is 40.4 Å². The third-order valence-corrected chi connectivity index (χ3v) is 2.83. The first-order chi connectivity index (χ1) is 8.28. The molecule has 6 heteroatoms. The fourth-order valence-electron chi connectivity index (χ4n) is 1.15. The van der Waals surface area contributed by atoms with E-state index in [9.17, 15) is 0 Å². The molecule has 0 N–H and O–H groups in total. The van der Waals surface area contributed by atoms with Crippen molar-refractivity contribution in [2.45, 2.75) is 17.0 Å². The third-order valence-electron chi connectivity index (χ3n) is 1.79. The molecule has 0 aliphatic rings. The van der Waals surface area contributed by atoms with Crippen molar-refractivity contribution in [3.05, 3.63) is 35.6 Å². The molecule has 4 nitrogen and oxygen atoms in total. The van der Waals surface area contributed by atoms with Gasteiger partial charge in [0.1, 0.15) is 0 Å². The van der Waals surface area contributed by atoms with Gasteiger partial charge < -0.3 is 4.74 Å². The molecule has 0 saturated carbocycles. The van der Waals surface area contributed by atoms with E-state index in [-0.39, 0.29) is 11.3 Å². The average Bonchev–Trinajstić information content (AvgIpc) is 2.30. The molecule has 17 heavy (non-hydrogen) atoms. The Bertz CT molecular complexity index is 495. The van der Waals surface area contributed by atoms with Crippen molar-refractivity contribution in [1.29, 1.82) is 0 Å². The highest BCUT2D eigenvalue weighted by Gasteiger charge is 2.07. The molecule has 0 spiro atoms. The molecule has 88 valence electrons. The summed E-state index contributed by atoms with van der Waals surface area (Å²) in [6, 6.07) is 10.1. The van der Waals surface area contributed by atoms with Crippen LogP contribution in [0, 0.1) is 0 Å². The van der Waals surface area contributed by atoms with E-state index in [0.29, 0.717) is 11.8 Å². The molecule has 0 radical (unpaired) electrons. The molecule has 0 amide bonds. The highest BCUT2D eigenvalue weighted by molar-refractivity contribution is 7.99. The van der Waals surface area contributed by atoms with Crippen LogP contribution in [0.25, 0.3) is 0 Å². The topological polar surface area (TPSA) is 47.9 Å². The minimum atomic E-state index is 0.141. The molecule has 2 aromatic rings. The number of rotatable bonds is 4. The number of ether oxygens (including phenoxy) is 1. The molecule has 0 saturated heterocycles. The molecule has 1 aromatic carbocycles. The standard InChI is InChI=1S/C11H10ClN3OS/c1-2-16-10-13-9(12)14-11(15-10)17-8-6-4-3-5-7-8/h3-7H,2H2,1H3. The zero-order chi connectivity index (χ0) is 12.1. The molecule has 0 aliphatic carbocycles. The minimum Gasteiger partial charge on any atom is -0.464 e. The van der Waals surface area contributed by atoms with E-state index in [1.807, 2.05) is 37.3 Å². The minimum absolute atomic E-state index is 0.141. The van der Waals surface area contributed by atoms with Crippen molar-refractivity contribution in [2.24, 2.45) is 0 Å². The molecule has 0 bridgehead atoms. The lowest BCUT2D eigenvalue weighted by Gasteiger charge is -2.03. The van der Waals surface area contributed by atoms with Crippen LogP contribution in [0.1, 0.15) is 6.92 Å². The number of nitrogens with zero attached hydrogens (tertiary/aromatic N) is 3. The Kier molecular flexibility index (Phi) is 4.17. The Morgan fingerprint density at radius 3 is 2.65 bits per heavy atom. The van der Waals surface area contributed by atoms with Gasteiger partial charge in [0.05, 0.1) is 6.61 Å². The fraction of sp³-hybridized carbons (Fsp3) is 0.182. The van der Waals surface area contributed by atoms with E-state index in [1.54, 1.807) is 0 Å². The summed E-state index contributed by atoms with van der Waals surface area (Å²) in [4.78, 5) is 13.1. The first-order valence-electron chi connectivity index (χ1n) is 5.05. The van der Waals surface area contributed by atoms with E-state index >= 15 is 0 Å². The Hall–Kier alpha value is -1.33. The van der Waals surface area contributed by atoms with Gasteiger partial charge >= 0.3 is 6.01 Å². The third kappa shape index (κ3) is 3.57. The van der Waals surface area contributed by atoms with Gasteiger partial charge in [0, 0.05) is 4.90 Å². The van der Waals surface area contributed by atoms with Gasteiger partial charge in [-0.3, -0.25) is 0 Å². The zero-order valence-electron chi connectivity index (χ0n) is 9.13. The van der Waals surface area contributed by atoms with E-state index in [1.165, 1.54) is 11.8 Å². The van der Waals surface area contributed by atoms with Crippen molar-refractivity contribution < 1.29 is 4.74 Å². The number of halogens is 1. The van der Waals surface area contributed by atoms with Crippen molar-refractivity contribution >= 4 is 23.4 Å². The summed E-state index contributed by atoms with van der Waals surface area (Å²) in [5, 5.41) is 0.668. The monoisotopic (exact) mass is 267 g/mol. The highest BCUT2D eigenvalue weighted by Crippen LogP contribution is 2.25. The number of hydrogen-bond donors (Lipinski definition) is 0. The maximum atomic E-state index is 5.80. The summed E-state index contributed by atoms with van der Waals surface area (Å²) in [6.45, 7) is 2.36. The van der Waals surface area contributed by atoms with Gasteiger partial charge in [0.15, 0.2) is 5.16 Å². The van der Waals surface area contributed by atoms with Crippen molar-refractivity contribution in [1.82, 2.24) is 15.0 Å². The van der Waals surface area contributed by atoms with Crippen LogP contribution in [0.5, 0.6) is 6.01 Å². The summed E-state index contributed by atoms with van der Waals surface area (Å²) in [5.41, 5.74) is 0. The summed E-state index contributed by atoms with van der Waals surface area (Å²) in [7, 11) is 0. The molecular formula is C11H10ClN3OS. The summed E-state index contributed by atoms with van der Waals surface area (Å²) in [6.07, 6.45) is 0. The summed E-state index contributed by atoms with van der Waals surface area (Å²) >= 11 is 7.21. The first-order valence-corrected chi connectivity index (χ1v) is 6.24. The number of hydrogen-bond acceptors (Lipinski definition) is 5. The van der Waals surface area contributed by atoms with Crippen LogP contribution < -0.4 is 4.74 Å². The maximum absolute atomic E-state index is 5.80. The van der Waals surface area contributed by atoms with Crippen LogP contribution >= 0.6 is 23.4 Å². The molecule has 2 rings (SSSR count). The van der Waals surface area contributed by atoms with Gasteiger partial charge in [0.25, 0.3) is 0 Å². The molecule has 0 fully saturated rings. The number of aromatic nitrogens is 3. The van der Waals surface area contributed by atoms with Gasteiger partial charge in [-0.15, -0.1) is 0 Å². The Labute approximate surface area is 108 Å². The molecule has 1 heterocycles. The molecule has 1 aromatic heterocycles. The first kappa shape index (κ1) is 12.1. The predicted molar refractivity (Wildman–Crippen MR) is 66.6 cm³/mol. The maximum Gasteiger partial charge on any atom is 0.321 e. The second-order valence-corrected chi connectivity index (χ2v) is 4.40. The van der Waals surface area contributed by atoms with Gasteiger partial charge in [-0.05, 0) is 42.4 Å². The average molecular weight is 268 g/mol. The highest BCUT2D eigenvalue weighted by atomic mass is 35.5. The van der Waals surface area contributed by atoms with Crippen LogP contribution in [0.3, 0.4) is 0 Å². The van der Waals surface area contributed by atoms with Crippen molar-refractivity contribution in [3.8, 4) is 6.01 Å². The van der Waals surface area contributed by atoms with E-state index in [0.717, 1.165) is 4.90 Å². The van der Waals surface area contributed by atoms with Crippen molar-refractivity contribution in [3.63, 3.8) is 0 Å². The Morgan fingerprint density at radius 1 is 1.18 bits per heavy atom. The van der Waals surface area contributed by atoms with Gasteiger partial charge in [-0.25, -0.2) is 0 Å². The molecule has 0 atom stereocenters. The van der Waals surface area contributed by atoms with Crippen LogP contribution in [-0.2, 0) is 0 Å². The van der Waals surface area contributed by atoms with Gasteiger partial charge in [-0.2, -0.15) is 15.0 Å².